The maximum absolute atomic E-state index is 5.90. The Morgan fingerprint density at radius 1 is 1.40 bits per heavy atom. The first kappa shape index (κ1) is 10.6. The highest BCUT2D eigenvalue weighted by Crippen LogP contribution is 2.28. The second-order valence-corrected chi connectivity index (χ2v) is 4.01. The summed E-state index contributed by atoms with van der Waals surface area (Å²) in [5, 5.41) is 0.732. The lowest BCUT2D eigenvalue weighted by Gasteiger charge is -2.08. The van der Waals surface area contributed by atoms with Crippen LogP contribution >= 0.6 is 24.2 Å². The number of hydrogen-bond acceptors (Lipinski definition) is 2. The van der Waals surface area contributed by atoms with Crippen molar-refractivity contribution in [1.82, 2.24) is 9.55 Å². The Hall–Kier alpha value is -0.930. The van der Waals surface area contributed by atoms with Crippen LogP contribution in [-0.4, -0.2) is 9.55 Å². The number of benzene rings is 1. The minimum atomic E-state index is 0.495. The molecule has 0 radical (unpaired) electrons. The molecule has 0 aliphatic heterocycles. The molecule has 78 valence electrons. The molecule has 0 amide bonds. The first-order chi connectivity index (χ1) is 7.24. The lowest BCUT2D eigenvalue weighted by Crippen LogP contribution is -1.93. The largest absolute Gasteiger partial charge is 0.333 e. The number of aromatic nitrogens is 2. The molecule has 0 saturated carbocycles. The molecule has 0 spiro atoms. The minimum Gasteiger partial charge on any atom is -0.333 e. The number of halogens is 1. The molecule has 4 heteroatoms. The molecule has 0 aliphatic carbocycles. The van der Waals surface area contributed by atoms with Gasteiger partial charge in [0, 0.05) is 18.5 Å². The van der Waals surface area contributed by atoms with Gasteiger partial charge in [-0.3, -0.25) is 0 Å². The predicted octanol–water partition coefficient (Wildman–Crippen LogP) is 3.11. The first-order valence-electron chi connectivity index (χ1n) is 4.58. The van der Waals surface area contributed by atoms with Gasteiger partial charge >= 0.3 is 0 Å². The van der Waals surface area contributed by atoms with Crippen molar-refractivity contribution in [2.24, 2.45) is 7.05 Å². The number of rotatable bonds is 2. The Bertz CT molecular complexity index is 460. The number of imidazole rings is 1. The van der Waals surface area contributed by atoms with Crippen molar-refractivity contribution in [3.8, 4) is 11.3 Å². The van der Waals surface area contributed by atoms with Gasteiger partial charge in [-0.25, -0.2) is 4.98 Å². The molecule has 1 aromatic carbocycles. The molecule has 2 aromatic rings. The van der Waals surface area contributed by atoms with Gasteiger partial charge in [0.2, 0.25) is 0 Å². The third-order valence-electron chi connectivity index (χ3n) is 2.33. The van der Waals surface area contributed by atoms with Gasteiger partial charge < -0.3 is 4.57 Å². The summed E-state index contributed by atoms with van der Waals surface area (Å²) < 4.78 is 1.95. The third-order valence-corrected chi connectivity index (χ3v) is 2.95. The molecule has 0 N–H and O–H groups in total. The highest BCUT2D eigenvalue weighted by molar-refractivity contribution is 7.80. The van der Waals surface area contributed by atoms with Crippen LogP contribution < -0.4 is 0 Å². The molecule has 0 unspecified atom stereocenters. The van der Waals surface area contributed by atoms with E-state index in [2.05, 4.69) is 17.6 Å². The normalized spacial score (nSPS) is 10.6. The molecular formula is C11H11ClN2S. The zero-order valence-electron chi connectivity index (χ0n) is 8.31. The SMILES string of the molecule is Cn1cnc(S)c1-c1ccccc1CCl. The standard InChI is InChI=1S/C11H11ClN2S/c1-14-7-13-11(15)10(14)9-5-3-2-4-8(9)6-12/h2-5,7,15H,6H2,1H3. The van der Waals surface area contributed by atoms with Crippen molar-refractivity contribution < 1.29 is 0 Å². The van der Waals surface area contributed by atoms with Gasteiger partial charge in [0.25, 0.3) is 0 Å². The molecule has 0 bridgehead atoms. The smallest absolute Gasteiger partial charge is 0.119 e. The number of hydrogen-bond donors (Lipinski definition) is 1. The molecule has 0 aliphatic rings. The van der Waals surface area contributed by atoms with Crippen LogP contribution in [0.15, 0.2) is 35.6 Å². The number of thiol groups is 1. The fourth-order valence-corrected chi connectivity index (χ4v) is 2.16. The molecule has 2 rings (SSSR count). The Morgan fingerprint density at radius 2 is 2.13 bits per heavy atom. The van der Waals surface area contributed by atoms with Crippen LogP contribution in [0.4, 0.5) is 0 Å². The summed E-state index contributed by atoms with van der Waals surface area (Å²) in [5.74, 6) is 0.495. The Kier molecular flexibility index (Phi) is 3.03. The zero-order chi connectivity index (χ0) is 10.8. The van der Waals surface area contributed by atoms with Gasteiger partial charge in [-0.05, 0) is 5.56 Å². The average Bonchev–Trinajstić information content (AvgIpc) is 2.59. The van der Waals surface area contributed by atoms with Crippen molar-refractivity contribution in [2.75, 3.05) is 0 Å². The number of alkyl halides is 1. The van der Waals surface area contributed by atoms with Crippen LogP contribution in [0.5, 0.6) is 0 Å². The van der Waals surface area contributed by atoms with E-state index in [9.17, 15) is 0 Å². The lowest BCUT2D eigenvalue weighted by atomic mass is 10.1. The van der Waals surface area contributed by atoms with Crippen molar-refractivity contribution in [2.45, 2.75) is 10.9 Å². The van der Waals surface area contributed by atoms with Crippen LogP contribution in [0, 0.1) is 0 Å². The van der Waals surface area contributed by atoms with E-state index in [-0.39, 0.29) is 0 Å². The maximum Gasteiger partial charge on any atom is 0.119 e. The summed E-state index contributed by atoms with van der Waals surface area (Å²) in [6, 6.07) is 8.03. The quantitative estimate of drug-likeness (QED) is 0.629. The van der Waals surface area contributed by atoms with Gasteiger partial charge in [0.05, 0.1) is 12.0 Å². The van der Waals surface area contributed by atoms with E-state index in [4.69, 9.17) is 11.6 Å². The molecule has 0 atom stereocenters. The predicted molar refractivity (Wildman–Crippen MR) is 65.5 cm³/mol. The molecule has 0 saturated heterocycles. The van der Waals surface area contributed by atoms with E-state index < -0.39 is 0 Å². The van der Waals surface area contributed by atoms with Gasteiger partial charge in [-0.1, -0.05) is 24.3 Å². The fraction of sp³-hybridized carbons (Fsp3) is 0.182. The molecule has 0 fully saturated rings. The summed E-state index contributed by atoms with van der Waals surface area (Å²) in [4.78, 5) is 4.15. The summed E-state index contributed by atoms with van der Waals surface area (Å²) in [6.07, 6.45) is 1.75. The van der Waals surface area contributed by atoms with Crippen molar-refractivity contribution in [3.63, 3.8) is 0 Å². The average molecular weight is 239 g/mol. The van der Waals surface area contributed by atoms with E-state index >= 15 is 0 Å². The molecule has 1 heterocycles. The second-order valence-electron chi connectivity index (χ2n) is 3.32. The summed E-state index contributed by atoms with van der Waals surface area (Å²) in [6.45, 7) is 0. The zero-order valence-corrected chi connectivity index (χ0v) is 9.96. The molecule has 15 heavy (non-hydrogen) atoms. The van der Waals surface area contributed by atoms with Crippen molar-refractivity contribution in [3.05, 3.63) is 36.2 Å². The fourth-order valence-electron chi connectivity index (χ4n) is 1.60. The summed E-state index contributed by atoms with van der Waals surface area (Å²) in [5.41, 5.74) is 3.20. The van der Waals surface area contributed by atoms with Gasteiger partial charge in [-0.15, -0.1) is 24.2 Å². The summed E-state index contributed by atoms with van der Waals surface area (Å²) in [7, 11) is 1.95. The van der Waals surface area contributed by atoms with Crippen LogP contribution in [-0.2, 0) is 12.9 Å². The molecular weight excluding hydrogens is 228 g/mol. The van der Waals surface area contributed by atoms with E-state index in [1.807, 2.05) is 35.9 Å². The van der Waals surface area contributed by atoms with Crippen LogP contribution in [0.3, 0.4) is 0 Å². The Balaban J connectivity index is 2.63. The Labute approximate surface area is 99.3 Å². The maximum atomic E-state index is 5.90. The number of nitrogens with zero attached hydrogens (tertiary/aromatic N) is 2. The first-order valence-corrected chi connectivity index (χ1v) is 5.56. The van der Waals surface area contributed by atoms with Gasteiger partial charge in [0.1, 0.15) is 5.03 Å². The highest BCUT2D eigenvalue weighted by Gasteiger charge is 2.11. The monoisotopic (exact) mass is 238 g/mol. The molecule has 2 nitrogen and oxygen atoms in total. The van der Waals surface area contributed by atoms with E-state index in [1.165, 1.54) is 0 Å². The topological polar surface area (TPSA) is 17.8 Å². The van der Waals surface area contributed by atoms with E-state index in [0.29, 0.717) is 5.88 Å². The van der Waals surface area contributed by atoms with Crippen LogP contribution in [0.25, 0.3) is 11.3 Å². The van der Waals surface area contributed by atoms with Crippen molar-refractivity contribution in [1.29, 1.82) is 0 Å². The van der Waals surface area contributed by atoms with Crippen LogP contribution in [0.1, 0.15) is 5.56 Å². The minimum absolute atomic E-state index is 0.495. The van der Waals surface area contributed by atoms with Gasteiger partial charge in [0.15, 0.2) is 0 Å². The highest BCUT2D eigenvalue weighted by atomic mass is 35.5. The van der Waals surface area contributed by atoms with Gasteiger partial charge in [-0.2, -0.15) is 0 Å². The van der Waals surface area contributed by atoms with E-state index in [0.717, 1.165) is 21.8 Å². The lowest BCUT2D eigenvalue weighted by molar-refractivity contribution is 0.919. The van der Waals surface area contributed by atoms with Crippen LogP contribution in [0.2, 0.25) is 0 Å². The number of aryl methyl sites for hydroxylation is 1. The summed E-state index contributed by atoms with van der Waals surface area (Å²) >= 11 is 10.2. The third kappa shape index (κ3) is 1.90. The second kappa shape index (κ2) is 4.29. The molecule has 1 aromatic heterocycles. The van der Waals surface area contributed by atoms with E-state index in [1.54, 1.807) is 6.33 Å². The Morgan fingerprint density at radius 3 is 2.73 bits per heavy atom. The van der Waals surface area contributed by atoms with Crippen molar-refractivity contribution >= 4 is 24.2 Å².